The molecule has 0 aliphatic carbocycles. The molecular weight excluding hydrogens is 354 g/mol. The van der Waals surface area contributed by atoms with E-state index >= 15 is 0 Å². The Morgan fingerprint density at radius 2 is 1.35 bits per heavy atom. The summed E-state index contributed by atoms with van der Waals surface area (Å²) in [5.41, 5.74) is 1.11. The maximum Gasteiger partial charge on any atom is 0.261 e. The standard InChI is InChI=1S/C19H26BrNO2/c1-15(20)11-7-5-3-2-4-6-10-14-21-18(22)16-12-8-9-13-17(16)19(21)23/h8-9,12-13,15H,2-7,10-11,14H2,1H3. The van der Waals surface area contributed by atoms with E-state index in [0.29, 0.717) is 22.5 Å². The van der Waals surface area contributed by atoms with Crippen molar-refractivity contribution in [1.82, 2.24) is 4.90 Å². The van der Waals surface area contributed by atoms with E-state index in [1.165, 1.54) is 43.4 Å². The summed E-state index contributed by atoms with van der Waals surface area (Å²) in [4.78, 5) is 26.4. The Labute approximate surface area is 147 Å². The second kappa shape index (κ2) is 9.21. The zero-order valence-electron chi connectivity index (χ0n) is 13.9. The molecule has 0 saturated carbocycles. The third kappa shape index (κ3) is 5.17. The molecule has 0 spiro atoms. The summed E-state index contributed by atoms with van der Waals surface area (Å²) in [5.74, 6) is -0.260. The molecule has 0 aromatic heterocycles. The van der Waals surface area contributed by atoms with Crippen LogP contribution in [0.25, 0.3) is 0 Å². The van der Waals surface area contributed by atoms with Crippen LogP contribution in [0.3, 0.4) is 0 Å². The average Bonchev–Trinajstić information content (AvgIpc) is 2.78. The lowest BCUT2D eigenvalue weighted by Crippen LogP contribution is -2.30. The van der Waals surface area contributed by atoms with Crippen molar-refractivity contribution in [2.75, 3.05) is 6.54 Å². The van der Waals surface area contributed by atoms with Gasteiger partial charge in [0, 0.05) is 11.4 Å². The topological polar surface area (TPSA) is 37.4 Å². The van der Waals surface area contributed by atoms with Gasteiger partial charge in [-0.2, -0.15) is 0 Å². The Morgan fingerprint density at radius 1 is 0.870 bits per heavy atom. The molecule has 0 saturated heterocycles. The van der Waals surface area contributed by atoms with E-state index in [1.54, 1.807) is 12.1 Å². The second-order valence-electron chi connectivity index (χ2n) is 6.35. The molecule has 3 nitrogen and oxygen atoms in total. The summed E-state index contributed by atoms with van der Waals surface area (Å²) in [6.07, 6.45) is 9.56. The van der Waals surface area contributed by atoms with Crippen molar-refractivity contribution >= 4 is 27.7 Å². The molecule has 0 bridgehead atoms. The number of amides is 2. The minimum atomic E-state index is -0.130. The number of hydrogen-bond acceptors (Lipinski definition) is 2. The molecule has 1 aromatic rings. The van der Waals surface area contributed by atoms with Crippen LogP contribution in [0, 0.1) is 0 Å². The van der Waals surface area contributed by atoms with Gasteiger partial charge >= 0.3 is 0 Å². The minimum Gasteiger partial charge on any atom is -0.274 e. The van der Waals surface area contributed by atoms with Crippen LogP contribution in [0.5, 0.6) is 0 Å². The van der Waals surface area contributed by atoms with Crippen LogP contribution in [-0.2, 0) is 0 Å². The Morgan fingerprint density at radius 3 is 1.87 bits per heavy atom. The monoisotopic (exact) mass is 379 g/mol. The third-order valence-corrected chi connectivity index (χ3v) is 4.82. The second-order valence-corrected chi connectivity index (χ2v) is 7.92. The molecule has 1 aromatic carbocycles. The molecule has 126 valence electrons. The van der Waals surface area contributed by atoms with E-state index in [1.807, 2.05) is 12.1 Å². The van der Waals surface area contributed by atoms with E-state index in [0.717, 1.165) is 12.8 Å². The number of benzene rings is 1. The van der Waals surface area contributed by atoms with E-state index in [9.17, 15) is 9.59 Å². The molecule has 23 heavy (non-hydrogen) atoms. The molecule has 4 heteroatoms. The molecule has 1 unspecified atom stereocenters. The Kier molecular flexibility index (Phi) is 7.28. The van der Waals surface area contributed by atoms with Gasteiger partial charge in [0.15, 0.2) is 0 Å². The maximum absolute atomic E-state index is 12.2. The van der Waals surface area contributed by atoms with Gasteiger partial charge in [-0.05, 0) is 25.0 Å². The van der Waals surface area contributed by atoms with Crippen molar-refractivity contribution in [2.45, 2.75) is 63.1 Å². The predicted octanol–water partition coefficient (Wildman–Crippen LogP) is 5.19. The lowest BCUT2D eigenvalue weighted by Gasteiger charge is -2.13. The first-order valence-corrected chi connectivity index (χ1v) is 9.62. The zero-order valence-corrected chi connectivity index (χ0v) is 15.5. The highest BCUT2D eigenvalue weighted by atomic mass is 79.9. The van der Waals surface area contributed by atoms with Crippen molar-refractivity contribution < 1.29 is 9.59 Å². The fraction of sp³-hybridized carbons (Fsp3) is 0.579. The fourth-order valence-electron chi connectivity index (χ4n) is 3.02. The summed E-state index contributed by atoms with van der Waals surface area (Å²) in [7, 11) is 0. The zero-order chi connectivity index (χ0) is 16.7. The number of halogens is 1. The molecule has 1 atom stereocenters. The SMILES string of the molecule is CC(Br)CCCCCCCCCN1C(=O)c2ccccc2C1=O. The molecule has 1 heterocycles. The predicted molar refractivity (Wildman–Crippen MR) is 97.1 cm³/mol. The summed E-state index contributed by atoms with van der Waals surface area (Å²) >= 11 is 3.57. The van der Waals surface area contributed by atoms with Crippen molar-refractivity contribution in [3.8, 4) is 0 Å². The number of fused-ring (bicyclic) bond motifs is 1. The highest BCUT2D eigenvalue weighted by Gasteiger charge is 2.34. The summed E-state index contributed by atoms with van der Waals surface area (Å²) in [6, 6.07) is 7.10. The molecule has 0 N–H and O–H groups in total. The molecule has 1 aliphatic heterocycles. The van der Waals surface area contributed by atoms with Gasteiger partial charge in [0.2, 0.25) is 0 Å². The van der Waals surface area contributed by atoms with Crippen LogP contribution >= 0.6 is 15.9 Å². The van der Waals surface area contributed by atoms with Gasteiger partial charge in [-0.15, -0.1) is 0 Å². The number of imide groups is 1. The largest absolute Gasteiger partial charge is 0.274 e. The number of carbonyl (C=O) groups excluding carboxylic acids is 2. The van der Waals surface area contributed by atoms with Crippen LogP contribution in [0.4, 0.5) is 0 Å². The van der Waals surface area contributed by atoms with E-state index in [2.05, 4.69) is 22.9 Å². The van der Waals surface area contributed by atoms with Gasteiger partial charge in [-0.1, -0.05) is 73.5 Å². The first kappa shape index (κ1) is 18.2. The summed E-state index contributed by atoms with van der Waals surface area (Å²) in [6.45, 7) is 2.74. The molecule has 0 fully saturated rings. The number of unbranched alkanes of at least 4 members (excludes halogenated alkanes) is 6. The van der Waals surface area contributed by atoms with Gasteiger partial charge < -0.3 is 0 Å². The number of alkyl halides is 1. The van der Waals surface area contributed by atoms with Crippen LogP contribution in [0.1, 0.15) is 79.0 Å². The maximum atomic E-state index is 12.2. The smallest absolute Gasteiger partial charge is 0.261 e. The number of hydrogen-bond donors (Lipinski definition) is 0. The lowest BCUT2D eigenvalue weighted by atomic mass is 10.1. The first-order chi connectivity index (χ1) is 11.1. The van der Waals surface area contributed by atoms with E-state index in [4.69, 9.17) is 0 Å². The van der Waals surface area contributed by atoms with Crippen molar-refractivity contribution in [3.05, 3.63) is 35.4 Å². The molecule has 2 amide bonds. The van der Waals surface area contributed by atoms with E-state index in [-0.39, 0.29) is 11.8 Å². The van der Waals surface area contributed by atoms with Gasteiger partial charge in [0.1, 0.15) is 0 Å². The van der Waals surface area contributed by atoms with Crippen molar-refractivity contribution in [2.24, 2.45) is 0 Å². The fourth-order valence-corrected chi connectivity index (χ4v) is 3.35. The van der Waals surface area contributed by atoms with Gasteiger partial charge in [-0.3, -0.25) is 14.5 Å². The number of rotatable bonds is 10. The normalized spacial score (nSPS) is 15.1. The van der Waals surface area contributed by atoms with Gasteiger partial charge in [-0.25, -0.2) is 0 Å². The Hall–Kier alpha value is -1.16. The van der Waals surface area contributed by atoms with Crippen molar-refractivity contribution in [3.63, 3.8) is 0 Å². The van der Waals surface area contributed by atoms with Crippen LogP contribution in [-0.4, -0.2) is 28.1 Å². The Bertz CT molecular complexity index is 507. The average molecular weight is 380 g/mol. The summed E-state index contributed by atoms with van der Waals surface area (Å²) in [5, 5.41) is 0. The van der Waals surface area contributed by atoms with Crippen LogP contribution in [0.15, 0.2) is 24.3 Å². The van der Waals surface area contributed by atoms with Gasteiger partial charge in [0.05, 0.1) is 11.1 Å². The lowest BCUT2D eigenvalue weighted by molar-refractivity contribution is 0.0651. The number of carbonyl (C=O) groups is 2. The minimum absolute atomic E-state index is 0.130. The van der Waals surface area contributed by atoms with E-state index < -0.39 is 0 Å². The molecular formula is C19H26BrNO2. The summed E-state index contributed by atoms with van der Waals surface area (Å²) < 4.78 is 0. The molecule has 2 rings (SSSR count). The van der Waals surface area contributed by atoms with Gasteiger partial charge in [0.25, 0.3) is 11.8 Å². The number of nitrogens with zero attached hydrogens (tertiary/aromatic N) is 1. The van der Waals surface area contributed by atoms with Crippen LogP contribution < -0.4 is 0 Å². The molecule has 0 radical (unpaired) electrons. The van der Waals surface area contributed by atoms with Crippen LogP contribution in [0.2, 0.25) is 0 Å². The Balaban J connectivity index is 1.59. The molecule has 1 aliphatic rings. The quantitative estimate of drug-likeness (QED) is 0.318. The highest BCUT2D eigenvalue weighted by Crippen LogP contribution is 2.23. The first-order valence-electron chi connectivity index (χ1n) is 8.70. The highest BCUT2D eigenvalue weighted by molar-refractivity contribution is 9.09. The van der Waals surface area contributed by atoms with Crippen molar-refractivity contribution in [1.29, 1.82) is 0 Å². The third-order valence-electron chi connectivity index (χ3n) is 4.36.